The van der Waals surface area contributed by atoms with Gasteiger partial charge in [-0.05, 0) is 56.4 Å². The Hall–Kier alpha value is -3.68. The zero-order chi connectivity index (χ0) is 30.4. The molecule has 11 nitrogen and oxygen atoms in total. The van der Waals surface area contributed by atoms with Crippen LogP contribution >= 0.6 is 11.8 Å². The van der Waals surface area contributed by atoms with E-state index in [4.69, 9.17) is 13.9 Å². The normalized spacial score (nSPS) is 18.7. The number of rotatable bonds is 14. The van der Waals surface area contributed by atoms with Gasteiger partial charge in [-0.1, -0.05) is 18.2 Å². The van der Waals surface area contributed by atoms with Crippen LogP contribution in [0.2, 0.25) is 19.6 Å². The van der Waals surface area contributed by atoms with Crippen LogP contribution in [-0.2, 0) is 30.2 Å². The van der Waals surface area contributed by atoms with Crippen LogP contribution in [-0.4, -0.2) is 67.0 Å². The number of nitrogens with zero attached hydrogens (tertiary/aromatic N) is 2. The van der Waals surface area contributed by atoms with E-state index in [2.05, 4.69) is 25.0 Å². The quantitative estimate of drug-likeness (QED) is 0.0828. The van der Waals surface area contributed by atoms with Crippen molar-refractivity contribution in [2.75, 3.05) is 18.9 Å². The number of nitro benzene ring substituents is 1. The second-order valence-electron chi connectivity index (χ2n) is 11.0. The molecule has 2 heterocycles. The van der Waals surface area contributed by atoms with E-state index in [9.17, 15) is 24.5 Å². The molecule has 1 N–H and O–H groups in total. The summed E-state index contributed by atoms with van der Waals surface area (Å²) in [6, 6.07) is 14.6. The molecule has 2 aliphatic heterocycles. The number of nitrogens with one attached hydrogen (secondary N) is 1. The number of benzene rings is 2. The minimum atomic E-state index is -1.90. The molecule has 42 heavy (non-hydrogen) atoms. The molecule has 2 aliphatic rings. The van der Waals surface area contributed by atoms with Crippen LogP contribution in [0.4, 0.5) is 5.69 Å². The van der Waals surface area contributed by atoms with Crippen LogP contribution in [0.25, 0.3) is 0 Å². The number of amides is 2. The number of fused-ring (bicyclic) bond motifs is 1. The molecule has 0 bridgehead atoms. The van der Waals surface area contributed by atoms with Crippen LogP contribution in [0.15, 0.2) is 65.2 Å². The number of nitro groups is 1. The molecule has 0 radical (unpaired) electrons. The van der Waals surface area contributed by atoms with E-state index in [0.717, 1.165) is 4.91 Å². The van der Waals surface area contributed by atoms with E-state index in [1.54, 1.807) is 12.1 Å². The zero-order valence-corrected chi connectivity index (χ0v) is 25.8. The SMILES string of the molecule is C[C@H](O[Si](C)(C)C)[C@@H]1C(=O)N2C(C(=O)OCc3ccc([N+](=O)[O-])cc3)=C(SCCNC(=O)COc3ccccc3)C[C@H]12. The Bertz CT molecular complexity index is 1350. The summed E-state index contributed by atoms with van der Waals surface area (Å²) >= 11 is 1.40. The van der Waals surface area contributed by atoms with E-state index in [1.807, 2.05) is 25.1 Å². The van der Waals surface area contributed by atoms with Gasteiger partial charge < -0.3 is 24.1 Å². The van der Waals surface area contributed by atoms with Crippen LogP contribution in [0.3, 0.4) is 0 Å². The molecule has 0 saturated carbocycles. The van der Waals surface area contributed by atoms with Crippen molar-refractivity contribution in [1.29, 1.82) is 0 Å². The molecular weight excluding hydrogens is 578 g/mol. The number of hydrogen-bond donors (Lipinski definition) is 1. The number of carbonyl (C=O) groups excluding carboxylic acids is 3. The molecule has 2 amide bonds. The first-order valence-corrected chi connectivity index (χ1v) is 18.1. The third-order valence-corrected chi connectivity index (χ3v) is 8.93. The van der Waals surface area contributed by atoms with E-state index in [-0.39, 0.29) is 54.5 Å². The number of para-hydroxylation sites is 1. The number of non-ortho nitro benzene ring substituents is 1. The molecule has 1 fully saturated rings. The highest BCUT2D eigenvalue weighted by Crippen LogP contribution is 2.48. The van der Waals surface area contributed by atoms with Gasteiger partial charge in [0.15, 0.2) is 14.9 Å². The van der Waals surface area contributed by atoms with Gasteiger partial charge in [0.2, 0.25) is 5.91 Å². The molecule has 224 valence electrons. The summed E-state index contributed by atoms with van der Waals surface area (Å²) in [5.41, 5.74) is 0.742. The maximum atomic E-state index is 13.3. The Morgan fingerprint density at radius 3 is 2.48 bits per heavy atom. The molecule has 2 aromatic carbocycles. The van der Waals surface area contributed by atoms with Crippen LogP contribution in [0.1, 0.15) is 18.9 Å². The fourth-order valence-electron chi connectivity index (χ4n) is 4.98. The Labute approximate surface area is 249 Å². The second-order valence-corrected chi connectivity index (χ2v) is 16.7. The molecule has 3 atom stereocenters. The van der Waals surface area contributed by atoms with Crippen molar-refractivity contribution in [2.45, 2.75) is 51.7 Å². The molecule has 0 aromatic heterocycles. The zero-order valence-electron chi connectivity index (χ0n) is 24.0. The Morgan fingerprint density at radius 1 is 1.14 bits per heavy atom. The van der Waals surface area contributed by atoms with Gasteiger partial charge in [-0.3, -0.25) is 19.7 Å². The highest BCUT2D eigenvalue weighted by Gasteiger charge is 2.57. The average Bonchev–Trinajstić information content (AvgIpc) is 3.26. The largest absolute Gasteiger partial charge is 0.484 e. The van der Waals surface area contributed by atoms with Crippen molar-refractivity contribution in [2.24, 2.45) is 5.92 Å². The maximum Gasteiger partial charge on any atom is 0.356 e. The average molecular weight is 614 g/mol. The van der Waals surface area contributed by atoms with Gasteiger partial charge in [0.05, 0.1) is 23.0 Å². The summed E-state index contributed by atoms with van der Waals surface area (Å²) < 4.78 is 17.2. The van der Waals surface area contributed by atoms with Gasteiger partial charge >= 0.3 is 5.97 Å². The summed E-state index contributed by atoms with van der Waals surface area (Å²) in [5.74, 6) is -0.349. The van der Waals surface area contributed by atoms with E-state index in [0.29, 0.717) is 30.0 Å². The third kappa shape index (κ3) is 7.78. The van der Waals surface area contributed by atoms with Crippen LogP contribution in [0.5, 0.6) is 5.75 Å². The topological polar surface area (TPSA) is 137 Å². The standard InChI is InChI=1S/C29H35N3O8SSi/c1-19(40-42(2,3)4)26-23-16-24(41-15-14-30-25(33)18-38-22-8-6-5-7-9-22)27(31(23)28(26)34)29(35)39-17-20-10-12-21(13-11-20)32(36)37/h5-13,19,23,26H,14-18H2,1-4H3,(H,30,33)/t19-,23+,26-/m0/s1. The highest BCUT2D eigenvalue weighted by molar-refractivity contribution is 8.03. The minimum Gasteiger partial charge on any atom is -0.484 e. The van der Waals surface area contributed by atoms with Crippen molar-refractivity contribution in [3.05, 3.63) is 80.9 Å². The Morgan fingerprint density at radius 2 is 1.83 bits per heavy atom. The summed E-state index contributed by atoms with van der Waals surface area (Å²) in [6.07, 6.45) is 0.212. The lowest BCUT2D eigenvalue weighted by atomic mass is 9.83. The number of thioether (sulfide) groups is 1. The lowest BCUT2D eigenvalue weighted by molar-refractivity contribution is -0.384. The van der Waals surface area contributed by atoms with Gasteiger partial charge in [-0.15, -0.1) is 11.8 Å². The number of hydrogen-bond acceptors (Lipinski definition) is 9. The second kappa shape index (κ2) is 13.5. The first kappa shape index (κ1) is 31.3. The number of carbonyl (C=O) groups is 3. The molecule has 1 saturated heterocycles. The first-order valence-electron chi connectivity index (χ1n) is 13.7. The summed E-state index contributed by atoms with van der Waals surface area (Å²) in [6.45, 7) is 8.24. The van der Waals surface area contributed by atoms with Crippen LogP contribution < -0.4 is 10.1 Å². The van der Waals surface area contributed by atoms with E-state index in [1.165, 1.54) is 40.9 Å². The molecule has 2 aromatic rings. The minimum absolute atomic E-state index is 0.0595. The van der Waals surface area contributed by atoms with Crippen LogP contribution in [0, 0.1) is 16.0 Å². The van der Waals surface area contributed by atoms with Crippen molar-refractivity contribution in [3.63, 3.8) is 0 Å². The molecule has 0 unspecified atom stereocenters. The van der Waals surface area contributed by atoms with E-state index < -0.39 is 19.2 Å². The fraction of sp³-hybridized carbons (Fsp3) is 0.414. The predicted molar refractivity (Wildman–Crippen MR) is 160 cm³/mol. The monoisotopic (exact) mass is 613 g/mol. The van der Waals surface area contributed by atoms with Gasteiger partial charge in [-0.25, -0.2) is 4.79 Å². The summed E-state index contributed by atoms with van der Waals surface area (Å²) in [7, 11) is -1.90. The predicted octanol–water partition coefficient (Wildman–Crippen LogP) is 4.25. The summed E-state index contributed by atoms with van der Waals surface area (Å²) in [5, 5.41) is 13.7. The number of ether oxygens (including phenoxy) is 2. The lowest BCUT2D eigenvalue weighted by Gasteiger charge is -2.47. The van der Waals surface area contributed by atoms with Gasteiger partial charge in [0.25, 0.3) is 11.6 Å². The maximum absolute atomic E-state index is 13.3. The smallest absolute Gasteiger partial charge is 0.356 e. The van der Waals surface area contributed by atoms with Crippen molar-refractivity contribution < 1.29 is 33.2 Å². The molecule has 0 aliphatic carbocycles. The highest BCUT2D eigenvalue weighted by atomic mass is 32.2. The van der Waals surface area contributed by atoms with Gasteiger partial charge in [0.1, 0.15) is 18.1 Å². The molecule has 13 heteroatoms. The lowest BCUT2D eigenvalue weighted by Crippen LogP contribution is -2.63. The molecule has 0 spiro atoms. The van der Waals surface area contributed by atoms with Crippen molar-refractivity contribution in [1.82, 2.24) is 10.2 Å². The number of β-lactam (4-membered cyclic amide) rings is 1. The van der Waals surface area contributed by atoms with Gasteiger partial charge in [-0.2, -0.15) is 0 Å². The van der Waals surface area contributed by atoms with Crippen molar-refractivity contribution in [3.8, 4) is 5.75 Å². The number of esters is 1. The summed E-state index contributed by atoms with van der Waals surface area (Å²) in [4.78, 5) is 51.5. The molecular formula is C29H35N3O8SSi. The first-order chi connectivity index (χ1) is 19.9. The Balaban J connectivity index is 1.38. The third-order valence-electron chi connectivity index (χ3n) is 6.74. The van der Waals surface area contributed by atoms with Crippen molar-refractivity contribution >= 4 is 43.6 Å². The fourth-order valence-corrected chi connectivity index (χ4v) is 7.30. The van der Waals surface area contributed by atoms with E-state index >= 15 is 0 Å². The van der Waals surface area contributed by atoms with Gasteiger partial charge in [0, 0.05) is 35.8 Å². The molecule has 4 rings (SSSR count). The Kier molecular flexibility index (Phi) is 10.1.